The van der Waals surface area contributed by atoms with Crippen LogP contribution in [0, 0.1) is 11.2 Å². The van der Waals surface area contributed by atoms with Gasteiger partial charge in [-0.1, -0.05) is 24.3 Å². The molecule has 0 spiro atoms. The molecule has 8 rings (SSSR count). The lowest BCUT2D eigenvalue weighted by Gasteiger charge is -2.35. The number of amidine groups is 1. The Morgan fingerprint density at radius 1 is 0.981 bits per heavy atom. The summed E-state index contributed by atoms with van der Waals surface area (Å²) in [7, 11) is 0. The van der Waals surface area contributed by atoms with E-state index < -0.39 is 11.9 Å². The van der Waals surface area contributed by atoms with Crippen LogP contribution in [0.5, 0.6) is 0 Å². The number of aromatic nitrogens is 3. The lowest BCUT2D eigenvalue weighted by Crippen LogP contribution is -2.52. The number of imidazole rings is 1. The van der Waals surface area contributed by atoms with Gasteiger partial charge in [0.1, 0.15) is 29.3 Å². The molecule has 4 N–H and O–H groups in total. The number of H-pyrrole nitrogens is 1. The number of carbonyl (C=O) groups excluding carboxylic acids is 3. The van der Waals surface area contributed by atoms with Gasteiger partial charge < -0.3 is 25.0 Å². The van der Waals surface area contributed by atoms with Crippen LogP contribution in [0.4, 0.5) is 15.9 Å². The van der Waals surface area contributed by atoms with Crippen LogP contribution in [0.15, 0.2) is 72.9 Å². The highest BCUT2D eigenvalue weighted by Gasteiger charge is 2.39. The molecule has 2 atom stereocenters. The normalized spacial score (nSPS) is 20.5. The van der Waals surface area contributed by atoms with Crippen molar-refractivity contribution >= 4 is 41.1 Å². The number of hydrogen-bond donors (Lipinski definition) is 4. The van der Waals surface area contributed by atoms with E-state index in [0.717, 1.165) is 92.7 Å². The zero-order valence-corrected chi connectivity index (χ0v) is 29.9. The standard InChI is InChI=1S/C40H43FN10O3/c41-28-5-1-4-26(22-28)33-7-3-16-50(33)35(42)12-13-36-44-24-32(45-36)31-6-2-8-37(46-31)49-20-18-48(19-21-49)17-15-43-29-10-9-27-25-51(40(54)30(27)23-29)34-11-14-38(52)47-39(34)53/h1-2,4-6,8-10,12-13,22-24,33-34,42-43H,3,7,11,14-21,25H2,(H,44,45)(H,47,52,53)/b13-12-,42-35?/t33-,34?/m1/s1. The second-order valence-electron chi connectivity index (χ2n) is 14.2. The van der Waals surface area contributed by atoms with Crippen LogP contribution in [0.25, 0.3) is 17.5 Å². The van der Waals surface area contributed by atoms with Crippen molar-refractivity contribution in [1.29, 1.82) is 5.41 Å². The van der Waals surface area contributed by atoms with Crippen LogP contribution in [0.2, 0.25) is 0 Å². The first-order valence-corrected chi connectivity index (χ1v) is 18.6. The first kappa shape index (κ1) is 35.2. The van der Waals surface area contributed by atoms with Crippen molar-refractivity contribution in [3.8, 4) is 11.4 Å². The smallest absolute Gasteiger partial charge is 0.255 e. The number of benzene rings is 2. The second-order valence-corrected chi connectivity index (χ2v) is 14.2. The fourth-order valence-electron chi connectivity index (χ4n) is 7.89. The average Bonchev–Trinajstić information content (AvgIpc) is 3.94. The molecule has 4 aliphatic heterocycles. The maximum Gasteiger partial charge on any atom is 0.255 e. The largest absolute Gasteiger partial charge is 0.384 e. The van der Waals surface area contributed by atoms with Gasteiger partial charge in [-0.25, -0.2) is 14.4 Å². The maximum atomic E-state index is 13.9. The molecule has 2 aromatic carbocycles. The molecule has 0 aliphatic carbocycles. The minimum Gasteiger partial charge on any atom is -0.384 e. The summed E-state index contributed by atoms with van der Waals surface area (Å²) in [5, 5.41) is 14.5. The molecule has 0 bridgehead atoms. The molecule has 3 amide bonds. The molecule has 2 aromatic heterocycles. The number of nitrogens with one attached hydrogen (secondary N) is 4. The van der Waals surface area contributed by atoms with Crippen molar-refractivity contribution in [3.05, 3.63) is 101 Å². The Kier molecular flexibility index (Phi) is 9.91. The number of carbonyl (C=O) groups is 3. The molecule has 0 radical (unpaired) electrons. The Hall–Kier alpha value is -5.89. The van der Waals surface area contributed by atoms with E-state index in [1.54, 1.807) is 35.4 Å². The first-order chi connectivity index (χ1) is 26.3. The number of rotatable bonds is 10. The van der Waals surface area contributed by atoms with Crippen LogP contribution in [0.1, 0.15) is 59.0 Å². The Bertz CT molecular complexity index is 2110. The van der Waals surface area contributed by atoms with Crippen molar-refractivity contribution in [1.82, 2.24) is 35.0 Å². The van der Waals surface area contributed by atoms with Gasteiger partial charge in [-0.2, -0.15) is 0 Å². The fraction of sp³-hybridized carbons (Fsp3) is 0.350. The molecular weight excluding hydrogens is 688 g/mol. The highest BCUT2D eigenvalue weighted by Crippen LogP contribution is 2.33. The van der Waals surface area contributed by atoms with E-state index >= 15 is 0 Å². The molecule has 1 unspecified atom stereocenters. The lowest BCUT2D eigenvalue weighted by molar-refractivity contribution is -0.136. The zero-order chi connectivity index (χ0) is 37.2. The Labute approximate surface area is 312 Å². The van der Waals surface area contributed by atoms with Crippen molar-refractivity contribution < 1.29 is 18.8 Å². The number of aromatic amines is 1. The Balaban J connectivity index is 0.809. The number of hydrogen-bond acceptors (Lipinski definition) is 9. The number of imide groups is 1. The molecule has 6 heterocycles. The van der Waals surface area contributed by atoms with E-state index in [4.69, 9.17) is 10.4 Å². The zero-order valence-electron chi connectivity index (χ0n) is 29.9. The molecule has 3 saturated heterocycles. The summed E-state index contributed by atoms with van der Waals surface area (Å²) >= 11 is 0. The summed E-state index contributed by atoms with van der Waals surface area (Å²) in [5.41, 5.74) is 4.84. The third-order valence-electron chi connectivity index (χ3n) is 10.8. The minimum atomic E-state index is -0.617. The number of fused-ring (bicyclic) bond motifs is 1. The average molecular weight is 731 g/mol. The SMILES string of the molecule is N=C(/C=C\c1ncc(-c2cccc(N3CCN(CCNc4ccc5c(c4)C(=O)N(C4CCC(=O)NC4=O)C5)CC3)n2)[nH]1)N1CCC[C@@H]1c1cccc(F)c1. The van der Waals surface area contributed by atoms with Gasteiger partial charge in [0.25, 0.3) is 5.91 Å². The molecule has 4 aromatic rings. The third-order valence-corrected chi connectivity index (χ3v) is 10.8. The van der Waals surface area contributed by atoms with Crippen LogP contribution in [-0.4, -0.2) is 105 Å². The summed E-state index contributed by atoms with van der Waals surface area (Å²) in [4.78, 5) is 58.2. The number of halogens is 1. The van der Waals surface area contributed by atoms with Gasteiger partial charge >= 0.3 is 0 Å². The van der Waals surface area contributed by atoms with Gasteiger partial charge in [-0.15, -0.1) is 0 Å². The maximum absolute atomic E-state index is 13.9. The lowest BCUT2D eigenvalue weighted by atomic mass is 10.0. The van der Waals surface area contributed by atoms with Crippen LogP contribution >= 0.6 is 0 Å². The summed E-state index contributed by atoms with van der Waals surface area (Å²) in [5.74, 6) is 0.785. The number of anilines is 2. The summed E-state index contributed by atoms with van der Waals surface area (Å²) in [6.45, 7) is 6.15. The van der Waals surface area contributed by atoms with Gasteiger partial charge in [-0.05, 0) is 78.9 Å². The number of piperazine rings is 1. The summed E-state index contributed by atoms with van der Waals surface area (Å²) in [6, 6.07) is 17.8. The van der Waals surface area contributed by atoms with Crippen LogP contribution in [-0.2, 0) is 16.1 Å². The number of piperidine rings is 1. The van der Waals surface area contributed by atoms with E-state index in [1.165, 1.54) is 6.07 Å². The number of pyridine rings is 1. The fourth-order valence-corrected chi connectivity index (χ4v) is 7.89. The third kappa shape index (κ3) is 7.47. The molecular formula is C40H43FN10O3. The van der Waals surface area contributed by atoms with E-state index in [9.17, 15) is 18.8 Å². The van der Waals surface area contributed by atoms with E-state index in [1.807, 2.05) is 47.4 Å². The van der Waals surface area contributed by atoms with Crippen LogP contribution < -0.4 is 15.5 Å². The van der Waals surface area contributed by atoms with Crippen molar-refractivity contribution in [2.45, 2.75) is 44.3 Å². The Morgan fingerprint density at radius 2 is 1.83 bits per heavy atom. The van der Waals surface area contributed by atoms with E-state index in [0.29, 0.717) is 30.2 Å². The van der Waals surface area contributed by atoms with Crippen LogP contribution in [0.3, 0.4) is 0 Å². The molecule has 0 saturated carbocycles. The Morgan fingerprint density at radius 3 is 2.67 bits per heavy atom. The van der Waals surface area contributed by atoms with Gasteiger partial charge in [-0.3, -0.25) is 30.0 Å². The van der Waals surface area contributed by atoms with E-state index in [2.05, 4.69) is 30.4 Å². The summed E-state index contributed by atoms with van der Waals surface area (Å²) < 4.78 is 13.9. The highest BCUT2D eigenvalue weighted by atomic mass is 19.1. The number of nitrogens with zero attached hydrogens (tertiary/aromatic N) is 6. The van der Waals surface area contributed by atoms with Crippen molar-refractivity contribution in [2.75, 3.05) is 56.0 Å². The highest BCUT2D eigenvalue weighted by molar-refractivity contribution is 6.05. The topological polar surface area (TPSA) is 154 Å². The molecule has 3 fully saturated rings. The van der Waals surface area contributed by atoms with Crippen molar-refractivity contribution in [2.24, 2.45) is 0 Å². The predicted molar refractivity (Wildman–Crippen MR) is 203 cm³/mol. The number of likely N-dealkylation sites (tertiary alicyclic amines) is 1. The predicted octanol–water partition coefficient (Wildman–Crippen LogP) is 4.43. The molecule has 4 aliphatic rings. The van der Waals surface area contributed by atoms with Crippen molar-refractivity contribution in [3.63, 3.8) is 0 Å². The first-order valence-electron chi connectivity index (χ1n) is 18.6. The molecule has 54 heavy (non-hydrogen) atoms. The second kappa shape index (κ2) is 15.2. The molecule has 13 nitrogen and oxygen atoms in total. The number of amides is 3. The van der Waals surface area contributed by atoms with Gasteiger partial charge in [0.15, 0.2) is 0 Å². The summed E-state index contributed by atoms with van der Waals surface area (Å²) in [6.07, 6.45) is 7.72. The monoisotopic (exact) mass is 730 g/mol. The quantitative estimate of drug-likeness (QED) is 0.105. The van der Waals surface area contributed by atoms with Gasteiger partial charge in [0.05, 0.1) is 23.6 Å². The minimum absolute atomic E-state index is 0.0121. The van der Waals surface area contributed by atoms with Gasteiger partial charge in [0.2, 0.25) is 11.8 Å². The molecule has 14 heteroatoms. The molecule has 278 valence electrons. The van der Waals surface area contributed by atoms with E-state index in [-0.39, 0.29) is 30.1 Å². The van der Waals surface area contributed by atoms with Gasteiger partial charge in [0, 0.05) is 70.0 Å².